The molecule has 2 aromatic rings. The van der Waals surface area contributed by atoms with Gasteiger partial charge in [-0.3, -0.25) is 0 Å². The van der Waals surface area contributed by atoms with Crippen molar-refractivity contribution < 1.29 is 15.0 Å². The number of imidazole rings is 1. The van der Waals surface area contributed by atoms with Gasteiger partial charge in [-0.15, -0.1) is 0 Å². The minimum absolute atomic E-state index is 0.656. The molecule has 0 aliphatic carbocycles. The molecule has 1 aliphatic heterocycles. The summed E-state index contributed by atoms with van der Waals surface area (Å²) in [6.07, 6.45) is 8.48. The van der Waals surface area contributed by atoms with Crippen LogP contribution in [0.25, 0.3) is 0 Å². The summed E-state index contributed by atoms with van der Waals surface area (Å²) in [5.74, 6) is 1.69. The first kappa shape index (κ1) is 20.3. The summed E-state index contributed by atoms with van der Waals surface area (Å²) < 4.78 is 9.85. The summed E-state index contributed by atoms with van der Waals surface area (Å²) in [6.45, 7) is 5.43. The topological polar surface area (TPSA) is 99.7 Å². The monoisotopic (exact) mass is 387 g/mol. The third kappa shape index (κ3) is 4.88. The van der Waals surface area contributed by atoms with Crippen LogP contribution in [0, 0.1) is 0 Å². The molecule has 8 nitrogen and oxygen atoms in total. The second-order valence-corrected chi connectivity index (χ2v) is 7.08. The van der Waals surface area contributed by atoms with Crippen molar-refractivity contribution in [3.8, 4) is 5.75 Å². The molecule has 1 saturated heterocycles. The lowest BCUT2D eigenvalue weighted by atomic mass is 10.2. The summed E-state index contributed by atoms with van der Waals surface area (Å²) in [7, 11) is 1.71. The van der Waals surface area contributed by atoms with Gasteiger partial charge in [0, 0.05) is 30.7 Å². The maximum atomic E-state index is 5.68. The van der Waals surface area contributed by atoms with E-state index >= 15 is 0 Å². The van der Waals surface area contributed by atoms with E-state index in [0.717, 1.165) is 68.6 Å². The van der Waals surface area contributed by atoms with Crippen molar-refractivity contribution in [1.82, 2.24) is 4.57 Å². The smallest absolute Gasteiger partial charge is 0.421 e. The highest BCUT2D eigenvalue weighted by Gasteiger charge is 2.19. The van der Waals surface area contributed by atoms with Gasteiger partial charge in [0.2, 0.25) is 0 Å². The molecular formula is C20H33N7O+2. The molecule has 0 radical (unpaired) electrons. The van der Waals surface area contributed by atoms with Gasteiger partial charge in [-0.2, -0.15) is 0 Å². The maximum absolute atomic E-state index is 5.68. The lowest BCUT2D eigenvalue weighted by molar-refractivity contribution is -0.686. The first-order chi connectivity index (χ1) is 13.8. The number of quaternary nitrogens is 1. The molecule has 5 N–H and O–H groups in total. The SMILES string of the molecule is COc1cc(N=Nc2n(CCCN)cc[n+]2CCC[NH3+])ccc1N1CCCC1. The van der Waals surface area contributed by atoms with Crippen LogP contribution in [-0.4, -0.2) is 37.9 Å². The van der Waals surface area contributed by atoms with Gasteiger partial charge in [-0.1, -0.05) is 5.11 Å². The largest absolute Gasteiger partial charge is 0.495 e. The summed E-state index contributed by atoms with van der Waals surface area (Å²) in [6, 6.07) is 6.06. The fourth-order valence-corrected chi connectivity index (χ4v) is 3.52. The van der Waals surface area contributed by atoms with Crippen LogP contribution in [0.2, 0.25) is 0 Å². The number of aryl methyl sites for hydroxylation is 2. The molecule has 0 unspecified atom stereocenters. The quantitative estimate of drug-likeness (QED) is 0.480. The number of hydrogen-bond acceptors (Lipinski definition) is 5. The lowest BCUT2D eigenvalue weighted by Crippen LogP contribution is -2.51. The maximum Gasteiger partial charge on any atom is 0.421 e. The van der Waals surface area contributed by atoms with E-state index in [0.29, 0.717) is 6.54 Å². The molecule has 0 bridgehead atoms. The average Bonchev–Trinajstić information content (AvgIpc) is 3.39. The summed E-state index contributed by atoms with van der Waals surface area (Å²) >= 11 is 0. The number of nitrogens with two attached hydrogens (primary N) is 1. The van der Waals surface area contributed by atoms with Crippen LogP contribution in [0.3, 0.4) is 0 Å². The Kier molecular flexibility index (Phi) is 7.39. The Morgan fingerprint density at radius 2 is 2.04 bits per heavy atom. The number of ether oxygens (including phenoxy) is 1. The molecule has 1 aliphatic rings. The molecule has 8 heteroatoms. The van der Waals surface area contributed by atoms with Gasteiger partial charge in [0.1, 0.15) is 11.4 Å². The Bertz CT molecular complexity index is 755. The molecule has 1 aromatic heterocycles. The Morgan fingerprint density at radius 3 is 2.75 bits per heavy atom. The normalized spacial score (nSPS) is 14.3. The van der Waals surface area contributed by atoms with Crippen LogP contribution in [-0.2, 0) is 13.1 Å². The molecule has 152 valence electrons. The Labute approximate surface area is 166 Å². The van der Waals surface area contributed by atoms with Crippen molar-refractivity contribution >= 4 is 17.3 Å². The fourth-order valence-electron chi connectivity index (χ4n) is 3.52. The predicted octanol–water partition coefficient (Wildman–Crippen LogP) is 1.78. The van der Waals surface area contributed by atoms with Crippen LogP contribution in [0.15, 0.2) is 40.8 Å². The summed E-state index contributed by atoms with van der Waals surface area (Å²) in [5, 5.41) is 9.07. The van der Waals surface area contributed by atoms with Crippen molar-refractivity contribution in [1.29, 1.82) is 0 Å². The highest BCUT2D eigenvalue weighted by molar-refractivity contribution is 5.64. The van der Waals surface area contributed by atoms with Crippen LogP contribution < -0.4 is 25.7 Å². The molecule has 2 heterocycles. The lowest BCUT2D eigenvalue weighted by Gasteiger charge is -2.20. The van der Waals surface area contributed by atoms with Gasteiger partial charge >= 0.3 is 5.95 Å². The third-order valence-corrected chi connectivity index (χ3v) is 5.06. The molecule has 0 atom stereocenters. The van der Waals surface area contributed by atoms with Gasteiger partial charge < -0.3 is 21.1 Å². The van der Waals surface area contributed by atoms with E-state index in [-0.39, 0.29) is 0 Å². The number of azo groups is 1. The Hall–Kier alpha value is -2.45. The van der Waals surface area contributed by atoms with E-state index in [1.54, 1.807) is 7.11 Å². The minimum atomic E-state index is 0.656. The molecule has 0 spiro atoms. The number of benzene rings is 1. The predicted molar refractivity (Wildman–Crippen MR) is 109 cm³/mol. The van der Waals surface area contributed by atoms with Gasteiger partial charge in [-0.25, -0.2) is 9.13 Å². The number of methoxy groups -OCH3 is 1. The van der Waals surface area contributed by atoms with E-state index in [9.17, 15) is 0 Å². The van der Waals surface area contributed by atoms with Crippen molar-refractivity contribution in [2.75, 3.05) is 38.2 Å². The van der Waals surface area contributed by atoms with Crippen molar-refractivity contribution in [3.05, 3.63) is 30.6 Å². The highest BCUT2D eigenvalue weighted by atomic mass is 16.5. The number of hydrogen-bond donors (Lipinski definition) is 2. The number of aromatic nitrogens is 2. The van der Waals surface area contributed by atoms with Gasteiger partial charge in [0.15, 0.2) is 0 Å². The van der Waals surface area contributed by atoms with Gasteiger partial charge in [-0.05, 0) is 37.9 Å². The third-order valence-electron chi connectivity index (χ3n) is 5.06. The average molecular weight is 388 g/mol. The zero-order valence-electron chi connectivity index (χ0n) is 16.9. The van der Waals surface area contributed by atoms with E-state index in [1.165, 1.54) is 12.8 Å². The molecular weight excluding hydrogens is 354 g/mol. The Morgan fingerprint density at radius 1 is 1.21 bits per heavy atom. The van der Waals surface area contributed by atoms with Crippen LogP contribution in [0.5, 0.6) is 5.75 Å². The second kappa shape index (κ2) is 10.2. The molecule has 0 saturated carbocycles. The molecule has 28 heavy (non-hydrogen) atoms. The molecule has 1 fully saturated rings. The van der Waals surface area contributed by atoms with Crippen molar-refractivity contribution in [3.63, 3.8) is 0 Å². The molecule has 3 rings (SSSR count). The number of rotatable bonds is 10. The minimum Gasteiger partial charge on any atom is -0.495 e. The Balaban J connectivity index is 1.82. The van der Waals surface area contributed by atoms with E-state index < -0.39 is 0 Å². The van der Waals surface area contributed by atoms with E-state index in [2.05, 4.69) is 42.3 Å². The van der Waals surface area contributed by atoms with E-state index in [4.69, 9.17) is 10.5 Å². The summed E-state index contributed by atoms with van der Waals surface area (Å²) in [5.41, 5.74) is 11.5. The van der Waals surface area contributed by atoms with Gasteiger partial charge in [0.05, 0.1) is 44.8 Å². The fraction of sp³-hybridized carbons (Fsp3) is 0.550. The standard InChI is InChI=1S/C20H32N7O/c1-28-19-16-17(6-7-18(19)25-10-2-3-11-25)23-24-20-26(12-4-8-21)14-15-27(20)13-5-9-22/h6-7,14-16H,2-5,8-13,21-22H2,1H3/q+1/p+1. The van der Waals surface area contributed by atoms with Crippen molar-refractivity contribution in [2.45, 2.75) is 38.8 Å². The molecule has 0 amide bonds. The highest BCUT2D eigenvalue weighted by Crippen LogP contribution is 2.34. The number of nitrogens with zero attached hydrogens (tertiary/aromatic N) is 5. The second-order valence-electron chi connectivity index (χ2n) is 7.08. The van der Waals surface area contributed by atoms with Crippen LogP contribution in [0.4, 0.5) is 17.3 Å². The summed E-state index contributed by atoms with van der Waals surface area (Å²) in [4.78, 5) is 2.37. The zero-order valence-corrected chi connectivity index (χ0v) is 16.9. The van der Waals surface area contributed by atoms with E-state index in [1.807, 2.05) is 18.3 Å². The van der Waals surface area contributed by atoms with Crippen LogP contribution >= 0.6 is 0 Å². The first-order valence-corrected chi connectivity index (χ1v) is 10.2. The van der Waals surface area contributed by atoms with Crippen LogP contribution in [0.1, 0.15) is 25.7 Å². The first-order valence-electron chi connectivity index (χ1n) is 10.2. The molecule has 1 aromatic carbocycles. The zero-order chi connectivity index (χ0) is 19.8. The van der Waals surface area contributed by atoms with Crippen molar-refractivity contribution in [2.24, 2.45) is 16.0 Å². The van der Waals surface area contributed by atoms with Gasteiger partial charge in [0.25, 0.3) is 0 Å². The number of anilines is 1.